The van der Waals surface area contributed by atoms with Crippen LogP contribution < -0.4 is 4.90 Å². The van der Waals surface area contributed by atoms with Crippen LogP contribution in [0.25, 0.3) is 17.8 Å². The van der Waals surface area contributed by atoms with Crippen LogP contribution in [-0.2, 0) is 7.05 Å². The van der Waals surface area contributed by atoms with Crippen LogP contribution in [0.15, 0.2) is 6.20 Å². The van der Waals surface area contributed by atoms with Crippen LogP contribution in [0.4, 0.5) is 5.95 Å². The van der Waals surface area contributed by atoms with Crippen LogP contribution in [0.3, 0.4) is 0 Å². The van der Waals surface area contributed by atoms with Gasteiger partial charge in [0.2, 0.25) is 5.95 Å². The van der Waals surface area contributed by atoms with Crippen molar-refractivity contribution in [2.45, 2.75) is 27.2 Å². The minimum atomic E-state index is 0.638. The molecule has 0 unspecified atom stereocenters. The summed E-state index contributed by atoms with van der Waals surface area (Å²) >= 11 is 0. The van der Waals surface area contributed by atoms with Crippen molar-refractivity contribution in [2.24, 2.45) is 13.0 Å². The van der Waals surface area contributed by atoms with E-state index >= 15 is 0 Å². The van der Waals surface area contributed by atoms with Gasteiger partial charge in [0.05, 0.1) is 11.4 Å². The molecular formula is C17H22N8. The molecule has 4 heterocycles. The molecule has 0 N–H and O–H groups in total. The lowest BCUT2D eigenvalue weighted by molar-refractivity contribution is 0.657. The molecule has 1 fully saturated rings. The lowest BCUT2D eigenvalue weighted by atomic mass is 10.2. The molecule has 25 heavy (non-hydrogen) atoms. The molecule has 0 aromatic carbocycles. The quantitative estimate of drug-likeness (QED) is 0.726. The monoisotopic (exact) mass is 338 g/mol. The second-order valence-electron chi connectivity index (χ2n) is 6.76. The lowest BCUT2D eigenvalue weighted by Crippen LogP contribution is -2.20. The van der Waals surface area contributed by atoms with Crippen LogP contribution in [0.1, 0.15) is 36.4 Å². The Morgan fingerprint density at radius 3 is 2.72 bits per heavy atom. The molecule has 8 nitrogen and oxygen atoms in total. The molecule has 8 heteroatoms. The number of aryl methyl sites for hydroxylation is 3. The van der Waals surface area contributed by atoms with Crippen molar-refractivity contribution in [1.29, 1.82) is 0 Å². The Morgan fingerprint density at radius 2 is 2.00 bits per heavy atom. The van der Waals surface area contributed by atoms with Crippen molar-refractivity contribution >= 4 is 23.7 Å². The van der Waals surface area contributed by atoms with Gasteiger partial charge in [-0.2, -0.15) is 4.98 Å². The van der Waals surface area contributed by atoms with Crippen LogP contribution in [0, 0.1) is 19.8 Å². The van der Waals surface area contributed by atoms with Crippen LogP contribution in [-0.4, -0.2) is 47.4 Å². The minimum Gasteiger partial charge on any atom is -0.339 e. The number of nitrogens with zero attached hydrogens (tertiary/aromatic N) is 8. The van der Waals surface area contributed by atoms with Crippen molar-refractivity contribution in [3.8, 4) is 0 Å². The van der Waals surface area contributed by atoms with Crippen LogP contribution in [0.2, 0.25) is 0 Å². The molecule has 1 aliphatic rings. The SMILES string of the molecule is Cc1ncc(C)n2nc(/C=C/c3nc(N4CC[C@@H](C)C4)nn3C)nc12. The maximum atomic E-state index is 4.65. The Balaban J connectivity index is 1.61. The Hall–Kier alpha value is -2.77. The van der Waals surface area contributed by atoms with E-state index in [0.29, 0.717) is 11.7 Å². The topological polar surface area (TPSA) is 77.0 Å². The summed E-state index contributed by atoms with van der Waals surface area (Å²) in [5.74, 6) is 2.92. The average Bonchev–Trinajstić information content (AvgIpc) is 3.28. The molecular weight excluding hydrogens is 316 g/mol. The van der Waals surface area contributed by atoms with E-state index in [-0.39, 0.29) is 0 Å². The predicted molar refractivity (Wildman–Crippen MR) is 96.2 cm³/mol. The summed E-state index contributed by atoms with van der Waals surface area (Å²) in [4.78, 5) is 15.8. The highest BCUT2D eigenvalue weighted by molar-refractivity contribution is 5.65. The highest BCUT2D eigenvalue weighted by Gasteiger charge is 2.22. The van der Waals surface area contributed by atoms with Crippen LogP contribution in [0.5, 0.6) is 0 Å². The largest absolute Gasteiger partial charge is 0.339 e. The van der Waals surface area contributed by atoms with E-state index in [2.05, 4.69) is 37.0 Å². The summed E-state index contributed by atoms with van der Waals surface area (Å²) < 4.78 is 3.61. The third-order valence-corrected chi connectivity index (χ3v) is 4.60. The first-order valence-corrected chi connectivity index (χ1v) is 8.54. The highest BCUT2D eigenvalue weighted by atomic mass is 15.4. The van der Waals surface area contributed by atoms with Gasteiger partial charge in [-0.1, -0.05) is 6.92 Å². The van der Waals surface area contributed by atoms with Gasteiger partial charge in [-0.3, -0.25) is 4.98 Å². The van der Waals surface area contributed by atoms with Gasteiger partial charge < -0.3 is 4.90 Å². The molecule has 130 valence electrons. The molecule has 4 rings (SSSR count). The van der Waals surface area contributed by atoms with E-state index < -0.39 is 0 Å². The van der Waals surface area contributed by atoms with E-state index in [4.69, 9.17) is 0 Å². The van der Waals surface area contributed by atoms with Crippen molar-refractivity contribution in [2.75, 3.05) is 18.0 Å². The normalized spacial score (nSPS) is 18.1. The van der Waals surface area contributed by atoms with Crippen molar-refractivity contribution in [3.63, 3.8) is 0 Å². The summed E-state index contributed by atoms with van der Waals surface area (Å²) in [5, 5.41) is 9.06. The summed E-state index contributed by atoms with van der Waals surface area (Å²) in [6.45, 7) is 8.20. The standard InChI is InChI=1S/C17H22N8/c1-11-7-8-24(10-11)17-20-15(23(4)22-17)6-5-14-19-16-13(3)18-9-12(2)25(16)21-14/h5-6,9,11H,7-8,10H2,1-4H3/b6-5+/t11-/m1/s1. The lowest BCUT2D eigenvalue weighted by Gasteiger charge is -2.11. The molecule has 1 atom stereocenters. The first-order chi connectivity index (χ1) is 12.0. The van der Waals surface area contributed by atoms with Gasteiger partial charge >= 0.3 is 0 Å². The second-order valence-corrected chi connectivity index (χ2v) is 6.76. The number of aromatic nitrogens is 7. The zero-order chi connectivity index (χ0) is 17.6. The maximum Gasteiger partial charge on any atom is 0.245 e. The Morgan fingerprint density at radius 1 is 1.16 bits per heavy atom. The molecule has 0 saturated carbocycles. The third-order valence-electron chi connectivity index (χ3n) is 4.60. The summed E-state index contributed by atoms with van der Waals surface area (Å²) in [5.41, 5.74) is 2.60. The third kappa shape index (κ3) is 2.88. The smallest absolute Gasteiger partial charge is 0.245 e. The van der Waals surface area contributed by atoms with Gasteiger partial charge in [0.15, 0.2) is 17.3 Å². The Bertz CT molecular complexity index is 912. The number of hydrogen-bond donors (Lipinski definition) is 0. The summed E-state index contributed by atoms with van der Waals surface area (Å²) in [6.07, 6.45) is 6.77. The van der Waals surface area contributed by atoms with Gasteiger partial charge in [0.1, 0.15) is 0 Å². The maximum absolute atomic E-state index is 4.65. The van der Waals surface area contributed by atoms with E-state index in [1.165, 1.54) is 6.42 Å². The first-order valence-electron chi connectivity index (χ1n) is 8.54. The minimum absolute atomic E-state index is 0.638. The Labute approximate surface area is 146 Å². The molecule has 0 aliphatic carbocycles. The van der Waals surface area contributed by atoms with Gasteiger partial charge in [-0.25, -0.2) is 14.2 Å². The fourth-order valence-electron chi connectivity index (χ4n) is 3.11. The molecule has 1 saturated heterocycles. The number of anilines is 1. The van der Waals surface area contributed by atoms with Crippen molar-refractivity contribution in [1.82, 2.24) is 34.3 Å². The molecule has 0 bridgehead atoms. The van der Waals surface area contributed by atoms with Crippen LogP contribution >= 0.6 is 0 Å². The molecule has 1 aliphatic heterocycles. The molecule has 0 radical (unpaired) electrons. The fraction of sp³-hybridized carbons (Fsp3) is 0.471. The summed E-state index contributed by atoms with van der Waals surface area (Å²) in [6, 6.07) is 0. The van der Waals surface area contributed by atoms with E-state index in [1.54, 1.807) is 10.9 Å². The number of fused-ring (bicyclic) bond motifs is 1. The number of hydrogen-bond acceptors (Lipinski definition) is 6. The molecule has 3 aromatic rings. The Kier molecular flexibility index (Phi) is 3.74. The van der Waals surface area contributed by atoms with Gasteiger partial charge in [-0.15, -0.1) is 10.2 Å². The van der Waals surface area contributed by atoms with Gasteiger partial charge in [-0.05, 0) is 38.3 Å². The van der Waals surface area contributed by atoms with E-state index in [0.717, 1.165) is 41.9 Å². The molecule has 0 spiro atoms. The average molecular weight is 338 g/mol. The first kappa shape index (κ1) is 15.7. The zero-order valence-electron chi connectivity index (χ0n) is 15.0. The van der Waals surface area contributed by atoms with Gasteiger partial charge in [0, 0.05) is 26.3 Å². The second kappa shape index (κ2) is 5.94. The van der Waals surface area contributed by atoms with Gasteiger partial charge in [0.25, 0.3) is 0 Å². The van der Waals surface area contributed by atoms with E-state index in [1.807, 2.05) is 37.6 Å². The highest BCUT2D eigenvalue weighted by Crippen LogP contribution is 2.21. The predicted octanol–water partition coefficient (Wildman–Crippen LogP) is 1.89. The summed E-state index contributed by atoms with van der Waals surface area (Å²) in [7, 11) is 1.91. The zero-order valence-corrected chi connectivity index (χ0v) is 15.0. The fourth-order valence-corrected chi connectivity index (χ4v) is 3.11. The molecule has 0 amide bonds. The van der Waals surface area contributed by atoms with E-state index in [9.17, 15) is 0 Å². The number of rotatable bonds is 3. The molecule has 3 aromatic heterocycles. The van der Waals surface area contributed by atoms with Crippen molar-refractivity contribution < 1.29 is 0 Å². The van der Waals surface area contributed by atoms with Crippen molar-refractivity contribution in [3.05, 3.63) is 29.2 Å².